The molecule has 0 aliphatic carbocycles. The van der Waals surface area contributed by atoms with E-state index in [1.807, 2.05) is 19.1 Å². The first-order valence-electron chi connectivity index (χ1n) is 6.46. The van der Waals surface area contributed by atoms with Gasteiger partial charge >= 0.3 is 0 Å². The number of benzene rings is 1. The first-order chi connectivity index (χ1) is 9.65. The predicted molar refractivity (Wildman–Crippen MR) is 77.2 cm³/mol. The van der Waals surface area contributed by atoms with E-state index in [1.54, 1.807) is 30.1 Å². The number of nitrogen functional groups attached to an aromatic ring is 1. The molecule has 20 heavy (non-hydrogen) atoms. The minimum absolute atomic E-state index is 0.221. The molecule has 0 aliphatic heterocycles. The fraction of sp³-hybridized carbons (Fsp3) is 0.286. The van der Waals surface area contributed by atoms with Crippen LogP contribution in [0.1, 0.15) is 23.8 Å². The lowest BCUT2D eigenvalue weighted by molar-refractivity contribution is 0.0957. The Labute approximate surface area is 117 Å². The quantitative estimate of drug-likeness (QED) is 0.811. The molecule has 1 aromatic heterocycles. The van der Waals surface area contributed by atoms with Crippen LogP contribution in [-0.4, -0.2) is 29.3 Å². The van der Waals surface area contributed by atoms with Gasteiger partial charge in [-0.2, -0.15) is 5.10 Å². The van der Waals surface area contributed by atoms with Crippen molar-refractivity contribution in [3.05, 3.63) is 36.2 Å². The second kappa shape index (κ2) is 6.10. The number of nitrogens with one attached hydrogen (secondary N) is 1. The van der Waals surface area contributed by atoms with Crippen molar-refractivity contribution in [1.82, 2.24) is 15.1 Å². The first-order valence-corrected chi connectivity index (χ1v) is 6.46. The van der Waals surface area contributed by atoms with Gasteiger partial charge in [0.1, 0.15) is 5.75 Å². The average molecular weight is 274 g/mol. The molecule has 0 aliphatic rings. The van der Waals surface area contributed by atoms with Crippen LogP contribution >= 0.6 is 0 Å². The van der Waals surface area contributed by atoms with Crippen molar-refractivity contribution in [2.24, 2.45) is 0 Å². The smallest absolute Gasteiger partial charge is 0.271 e. The van der Waals surface area contributed by atoms with Crippen LogP contribution in [0.4, 0.5) is 5.69 Å². The summed E-state index contributed by atoms with van der Waals surface area (Å²) in [6, 6.07) is 7.06. The van der Waals surface area contributed by atoms with Gasteiger partial charge in [-0.05, 0) is 24.6 Å². The maximum absolute atomic E-state index is 11.5. The Morgan fingerprint density at radius 3 is 2.95 bits per heavy atom. The van der Waals surface area contributed by atoms with Gasteiger partial charge in [0.05, 0.1) is 18.0 Å². The van der Waals surface area contributed by atoms with E-state index >= 15 is 0 Å². The highest BCUT2D eigenvalue weighted by molar-refractivity contribution is 5.91. The molecular formula is C14H18N4O2. The van der Waals surface area contributed by atoms with Crippen molar-refractivity contribution >= 4 is 11.6 Å². The van der Waals surface area contributed by atoms with E-state index in [4.69, 9.17) is 10.5 Å². The number of nitrogens with two attached hydrogens (primary N) is 1. The Hall–Kier alpha value is -2.50. The number of anilines is 1. The van der Waals surface area contributed by atoms with Gasteiger partial charge in [0, 0.05) is 19.3 Å². The molecule has 106 valence electrons. The maximum atomic E-state index is 11.5. The highest BCUT2D eigenvalue weighted by atomic mass is 16.5. The summed E-state index contributed by atoms with van der Waals surface area (Å²) in [4.78, 5) is 11.5. The van der Waals surface area contributed by atoms with Crippen LogP contribution in [0.5, 0.6) is 5.75 Å². The van der Waals surface area contributed by atoms with Crippen molar-refractivity contribution < 1.29 is 9.53 Å². The van der Waals surface area contributed by atoms with Gasteiger partial charge in [0.15, 0.2) is 5.69 Å². The molecule has 2 rings (SSSR count). The van der Waals surface area contributed by atoms with Gasteiger partial charge in [-0.1, -0.05) is 6.92 Å². The summed E-state index contributed by atoms with van der Waals surface area (Å²) in [5.74, 6) is 0.406. The zero-order chi connectivity index (χ0) is 14.5. The van der Waals surface area contributed by atoms with E-state index in [0.29, 0.717) is 23.7 Å². The number of carbonyl (C=O) groups excluding carboxylic acids is 1. The second-order valence-corrected chi connectivity index (χ2v) is 4.30. The highest BCUT2D eigenvalue weighted by Crippen LogP contribution is 2.24. The van der Waals surface area contributed by atoms with Crippen molar-refractivity contribution in [2.75, 3.05) is 19.4 Å². The van der Waals surface area contributed by atoms with Crippen LogP contribution in [0.2, 0.25) is 0 Å². The molecule has 1 heterocycles. The van der Waals surface area contributed by atoms with Crippen LogP contribution in [0.25, 0.3) is 5.69 Å². The molecule has 1 amide bonds. The number of hydrogen-bond donors (Lipinski definition) is 2. The van der Waals surface area contributed by atoms with E-state index in [2.05, 4.69) is 10.4 Å². The lowest BCUT2D eigenvalue weighted by Crippen LogP contribution is -2.18. The summed E-state index contributed by atoms with van der Waals surface area (Å²) in [7, 11) is 1.57. The van der Waals surface area contributed by atoms with E-state index in [0.717, 1.165) is 12.1 Å². The lowest BCUT2D eigenvalue weighted by atomic mass is 10.2. The van der Waals surface area contributed by atoms with Gasteiger partial charge in [-0.3, -0.25) is 4.79 Å². The van der Waals surface area contributed by atoms with E-state index in [1.165, 1.54) is 0 Å². The molecule has 1 aromatic carbocycles. The number of carbonyl (C=O) groups is 1. The zero-order valence-corrected chi connectivity index (χ0v) is 11.6. The number of nitrogens with zero attached hydrogens (tertiary/aromatic N) is 2. The van der Waals surface area contributed by atoms with E-state index in [-0.39, 0.29) is 5.91 Å². The molecule has 6 heteroatoms. The monoisotopic (exact) mass is 274 g/mol. The van der Waals surface area contributed by atoms with Gasteiger partial charge < -0.3 is 15.8 Å². The van der Waals surface area contributed by atoms with Crippen LogP contribution in [0.3, 0.4) is 0 Å². The normalized spacial score (nSPS) is 10.3. The van der Waals surface area contributed by atoms with Crippen LogP contribution < -0.4 is 15.8 Å². The van der Waals surface area contributed by atoms with Gasteiger partial charge in [-0.25, -0.2) is 4.68 Å². The maximum Gasteiger partial charge on any atom is 0.271 e. The number of aromatic nitrogens is 2. The third kappa shape index (κ3) is 2.90. The summed E-state index contributed by atoms with van der Waals surface area (Å²) in [6.07, 6.45) is 2.63. The third-order valence-electron chi connectivity index (χ3n) is 2.77. The fourth-order valence-corrected chi connectivity index (χ4v) is 1.72. The fourth-order valence-electron chi connectivity index (χ4n) is 1.72. The van der Waals surface area contributed by atoms with E-state index < -0.39 is 0 Å². The number of amides is 1. The summed E-state index contributed by atoms with van der Waals surface area (Å²) in [5, 5.41) is 6.75. The first kappa shape index (κ1) is 13.9. The number of hydrogen-bond acceptors (Lipinski definition) is 4. The van der Waals surface area contributed by atoms with E-state index in [9.17, 15) is 4.79 Å². The van der Waals surface area contributed by atoms with Crippen molar-refractivity contribution in [3.63, 3.8) is 0 Å². The van der Waals surface area contributed by atoms with Gasteiger partial charge in [-0.15, -0.1) is 0 Å². The van der Waals surface area contributed by atoms with Crippen LogP contribution in [0, 0.1) is 0 Å². The molecule has 0 saturated heterocycles. The number of rotatable bonds is 5. The molecular weight excluding hydrogens is 256 g/mol. The summed E-state index contributed by atoms with van der Waals surface area (Å²) >= 11 is 0. The van der Waals surface area contributed by atoms with Crippen molar-refractivity contribution in [1.29, 1.82) is 0 Å². The molecule has 2 aromatic rings. The Balaban J connectivity index is 2.28. The predicted octanol–water partition coefficient (Wildman–Crippen LogP) is 1.60. The Morgan fingerprint density at radius 1 is 1.45 bits per heavy atom. The molecule has 0 bridgehead atoms. The summed E-state index contributed by atoms with van der Waals surface area (Å²) in [6.45, 7) is 2.64. The topological polar surface area (TPSA) is 82.2 Å². The Morgan fingerprint density at radius 2 is 2.25 bits per heavy atom. The molecule has 6 nitrogen and oxygen atoms in total. The lowest BCUT2D eigenvalue weighted by Gasteiger charge is -2.10. The molecule has 0 spiro atoms. The average Bonchev–Trinajstić information content (AvgIpc) is 2.95. The molecule has 0 saturated carbocycles. The SMILES string of the molecule is CCCOc1cc(-n2ccc(C(=O)NC)n2)ccc1N. The van der Waals surface area contributed by atoms with Crippen molar-refractivity contribution in [2.45, 2.75) is 13.3 Å². The molecule has 0 radical (unpaired) electrons. The molecule has 3 N–H and O–H groups in total. The third-order valence-corrected chi connectivity index (χ3v) is 2.77. The molecule has 0 fully saturated rings. The second-order valence-electron chi connectivity index (χ2n) is 4.30. The molecule has 0 unspecified atom stereocenters. The Kier molecular flexibility index (Phi) is 4.24. The summed E-state index contributed by atoms with van der Waals surface area (Å²) < 4.78 is 7.19. The Bertz CT molecular complexity index is 607. The largest absolute Gasteiger partial charge is 0.491 e. The number of ether oxygens (including phenoxy) is 1. The minimum atomic E-state index is -0.221. The highest BCUT2D eigenvalue weighted by Gasteiger charge is 2.09. The molecule has 0 atom stereocenters. The van der Waals surface area contributed by atoms with Crippen LogP contribution in [-0.2, 0) is 0 Å². The van der Waals surface area contributed by atoms with Crippen LogP contribution in [0.15, 0.2) is 30.5 Å². The van der Waals surface area contributed by atoms with Crippen molar-refractivity contribution in [3.8, 4) is 11.4 Å². The van der Waals surface area contributed by atoms with Gasteiger partial charge in [0.25, 0.3) is 5.91 Å². The minimum Gasteiger partial charge on any atom is -0.491 e. The standard InChI is InChI=1S/C14H18N4O2/c1-3-8-20-13-9-10(4-5-11(13)15)18-7-6-12(17-18)14(19)16-2/h4-7,9H,3,8,15H2,1-2H3,(H,16,19). The van der Waals surface area contributed by atoms with Gasteiger partial charge in [0.2, 0.25) is 0 Å². The zero-order valence-electron chi connectivity index (χ0n) is 11.6. The summed E-state index contributed by atoms with van der Waals surface area (Å²) in [5.41, 5.74) is 7.60.